The van der Waals surface area contributed by atoms with Crippen LogP contribution in [-0.2, 0) is 9.53 Å². The smallest absolute Gasteiger partial charge is 0.307 e. The van der Waals surface area contributed by atoms with E-state index in [-0.39, 0.29) is 5.97 Å². The van der Waals surface area contributed by atoms with Crippen LogP contribution in [0.25, 0.3) is 5.57 Å². The Balaban J connectivity index is 2.28. The van der Waals surface area contributed by atoms with E-state index < -0.39 is 0 Å². The molecule has 0 radical (unpaired) electrons. The predicted octanol–water partition coefficient (Wildman–Crippen LogP) is 4.56. The van der Waals surface area contributed by atoms with Gasteiger partial charge < -0.3 is 4.74 Å². The van der Waals surface area contributed by atoms with Gasteiger partial charge in [0.2, 0.25) is 0 Å². The van der Waals surface area contributed by atoms with Crippen molar-refractivity contribution in [2.24, 2.45) is 5.92 Å². The average Bonchev–Trinajstić information content (AvgIpc) is 2.49. The van der Waals surface area contributed by atoms with Crippen molar-refractivity contribution in [2.75, 3.05) is 0 Å². The number of hydrogen-bond acceptors (Lipinski definition) is 2. The monoisotopic (exact) mass is 282 g/mol. The average molecular weight is 282 g/mol. The minimum Gasteiger partial charge on any atom is -0.430 e. The Morgan fingerprint density at radius 1 is 1.10 bits per heavy atom. The summed E-state index contributed by atoms with van der Waals surface area (Å²) in [5.41, 5.74) is 1.82. The minimum atomic E-state index is -0.305. The second-order valence-electron chi connectivity index (χ2n) is 5.50. The van der Waals surface area contributed by atoms with E-state index in [1.807, 2.05) is 30.3 Å². The highest BCUT2D eigenvalue weighted by Gasteiger charge is 2.11. The highest BCUT2D eigenvalue weighted by Crippen LogP contribution is 2.24. The Labute approximate surface area is 127 Å². The summed E-state index contributed by atoms with van der Waals surface area (Å²) >= 11 is 0. The molecular weight excluding hydrogens is 260 g/mol. The summed E-state index contributed by atoms with van der Waals surface area (Å²) in [6.07, 6.45) is 6.23. The van der Waals surface area contributed by atoms with Crippen LogP contribution in [-0.4, -0.2) is 5.97 Å². The quantitative estimate of drug-likeness (QED) is 0.451. The van der Waals surface area contributed by atoms with Crippen molar-refractivity contribution < 1.29 is 9.53 Å². The SMILES string of the molecule is CC(=O)O/C(C)=C(/C#CC1CCCCC1)c1ccccc1. The molecule has 1 fully saturated rings. The summed E-state index contributed by atoms with van der Waals surface area (Å²) < 4.78 is 5.24. The highest BCUT2D eigenvalue weighted by atomic mass is 16.5. The van der Waals surface area contributed by atoms with E-state index in [0.29, 0.717) is 11.7 Å². The van der Waals surface area contributed by atoms with Crippen LogP contribution in [0, 0.1) is 17.8 Å². The summed E-state index contributed by atoms with van der Waals surface area (Å²) in [4.78, 5) is 11.2. The Hall–Kier alpha value is -2.01. The zero-order chi connectivity index (χ0) is 15.1. The largest absolute Gasteiger partial charge is 0.430 e. The lowest BCUT2D eigenvalue weighted by Crippen LogP contribution is -2.03. The summed E-state index contributed by atoms with van der Waals surface area (Å²) in [7, 11) is 0. The molecule has 0 bridgehead atoms. The van der Waals surface area contributed by atoms with E-state index in [0.717, 1.165) is 11.1 Å². The predicted molar refractivity (Wildman–Crippen MR) is 85.2 cm³/mol. The number of benzene rings is 1. The van der Waals surface area contributed by atoms with Gasteiger partial charge in [0, 0.05) is 12.8 Å². The fourth-order valence-corrected chi connectivity index (χ4v) is 2.66. The van der Waals surface area contributed by atoms with Crippen LogP contribution in [0.2, 0.25) is 0 Å². The molecule has 110 valence electrons. The first-order valence-electron chi connectivity index (χ1n) is 7.63. The maximum absolute atomic E-state index is 11.2. The maximum Gasteiger partial charge on any atom is 0.307 e. The van der Waals surface area contributed by atoms with E-state index >= 15 is 0 Å². The molecule has 0 saturated heterocycles. The van der Waals surface area contributed by atoms with Gasteiger partial charge in [-0.1, -0.05) is 61.4 Å². The summed E-state index contributed by atoms with van der Waals surface area (Å²) in [6, 6.07) is 9.91. The van der Waals surface area contributed by atoms with Crippen molar-refractivity contribution in [1.82, 2.24) is 0 Å². The van der Waals surface area contributed by atoms with Gasteiger partial charge in [0.15, 0.2) is 0 Å². The van der Waals surface area contributed by atoms with Crippen molar-refractivity contribution in [3.05, 3.63) is 41.7 Å². The summed E-state index contributed by atoms with van der Waals surface area (Å²) in [5.74, 6) is 7.39. The number of carbonyl (C=O) groups is 1. The fourth-order valence-electron chi connectivity index (χ4n) is 2.66. The van der Waals surface area contributed by atoms with Gasteiger partial charge in [0.1, 0.15) is 5.76 Å². The highest BCUT2D eigenvalue weighted by molar-refractivity contribution is 5.82. The Bertz CT molecular complexity index is 567. The molecule has 1 aromatic rings. The third kappa shape index (κ3) is 4.79. The lowest BCUT2D eigenvalue weighted by molar-refractivity contribution is -0.136. The molecule has 0 aliphatic heterocycles. The molecule has 0 amide bonds. The van der Waals surface area contributed by atoms with Gasteiger partial charge in [0.25, 0.3) is 0 Å². The maximum atomic E-state index is 11.2. The van der Waals surface area contributed by atoms with Gasteiger partial charge in [-0.05, 0) is 25.3 Å². The topological polar surface area (TPSA) is 26.3 Å². The molecule has 0 N–H and O–H groups in total. The van der Waals surface area contributed by atoms with Crippen molar-refractivity contribution >= 4 is 11.5 Å². The molecule has 0 heterocycles. The zero-order valence-electron chi connectivity index (χ0n) is 12.8. The van der Waals surface area contributed by atoms with Gasteiger partial charge in [-0.15, -0.1) is 0 Å². The van der Waals surface area contributed by atoms with Crippen LogP contribution in [0.3, 0.4) is 0 Å². The van der Waals surface area contributed by atoms with Crippen molar-refractivity contribution in [3.8, 4) is 11.8 Å². The van der Waals surface area contributed by atoms with Crippen LogP contribution in [0.5, 0.6) is 0 Å². The van der Waals surface area contributed by atoms with Crippen molar-refractivity contribution in [3.63, 3.8) is 0 Å². The Morgan fingerprint density at radius 2 is 1.76 bits per heavy atom. The molecule has 0 atom stereocenters. The molecule has 0 unspecified atom stereocenters. The van der Waals surface area contributed by atoms with Gasteiger partial charge >= 0.3 is 5.97 Å². The van der Waals surface area contributed by atoms with E-state index in [4.69, 9.17) is 4.74 Å². The third-order valence-electron chi connectivity index (χ3n) is 3.72. The number of hydrogen-bond donors (Lipinski definition) is 0. The minimum absolute atomic E-state index is 0.305. The first kappa shape index (κ1) is 15.4. The summed E-state index contributed by atoms with van der Waals surface area (Å²) in [6.45, 7) is 3.22. The normalized spacial score (nSPS) is 16.5. The van der Waals surface area contributed by atoms with E-state index in [1.54, 1.807) is 6.92 Å². The lowest BCUT2D eigenvalue weighted by atomic mass is 9.89. The summed E-state index contributed by atoms with van der Waals surface area (Å²) in [5, 5.41) is 0. The van der Waals surface area contributed by atoms with Crippen molar-refractivity contribution in [1.29, 1.82) is 0 Å². The van der Waals surface area contributed by atoms with E-state index in [9.17, 15) is 4.79 Å². The number of rotatable bonds is 2. The zero-order valence-corrected chi connectivity index (χ0v) is 12.8. The molecule has 1 aliphatic carbocycles. The fraction of sp³-hybridized carbons (Fsp3) is 0.421. The number of carbonyl (C=O) groups excluding carboxylic acids is 1. The van der Waals surface area contributed by atoms with Crippen LogP contribution < -0.4 is 0 Å². The number of ether oxygens (including phenoxy) is 1. The molecule has 21 heavy (non-hydrogen) atoms. The molecule has 1 aromatic carbocycles. The van der Waals surface area contributed by atoms with E-state index in [1.165, 1.54) is 39.0 Å². The standard InChI is InChI=1S/C19H22O2/c1-15(21-16(2)20)19(18-11-7-4-8-12-18)14-13-17-9-5-3-6-10-17/h4,7-8,11-12,17H,3,5-6,9-10H2,1-2H3/b19-15-. The second-order valence-corrected chi connectivity index (χ2v) is 5.50. The number of esters is 1. The molecule has 2 heteroatoms. The Morgan fingerprint density at radius 3 is 2.38 bits per heavy atom. The van der Waals surface area contributed by atoms with Crippen LogP contribution in [0.1, 0.15) is 51.5 Å². The first-order valence-corrected chi connectivity index (χ1v) is 7.63. The first-order chi connectivity index (χ1) is 10.2. The molecule has 0 spiro atoms. The molecule has 1 aliphatic rings. The third-order valence-corrected chi connectivity index (χ3v) is 3.72. The van der Waals surface area contributed by atoms with Gasteiger partial charge in [0.05, 0.1) is 5.57 Å². The molecule has 1 saturated carbocycles. The van der Waals surface area contributed by atoms with Gasteiger partial charge in [-0.25, -0.2) is 0 Å². The van der Waals surface area contributed by atoms with Crippen LogP contribution >= 0.6 is 0 Å². The van der Waals surface area contributed by atoms with Crippen LogP contribution in [0.15, 0.2) is 36.1 Å². The molecule has 2 rings (SSSR count). The van der Waals surface area contributed by atoms with Crippen molar-refractivity contribution in [2.45, 2.75) is 46.0 Å². The van der Waals surface area contributed by atoms with Gasteiger partial charge in [-0.3, -0.25) is 4.79 Å². The second kappa shape index (κ2) is 7.69. The van der Waals surface area contributed by atoms with E-state index in [2.05, 4.69) is 11.8 Å². The number of allylic oxidation sites excluding steroid dienone is 2. The molecule has 2 nitrogen and oxygen atoms in total. The lowest BCUT2D eigenvalue weighted by Gasteiger charge is -2.15. The van der Waals surface area contributed by atoms with Crippen LogP contribution in [0.4, 0.5) is 0 Å². The molecule has 0 aromatic heterocycles. The molecular formula is C19H22O2. The van der Waals surface area contributed by atoms with Gasteiger partial charge in [-0.2, -0.15) is 0 Å². The Kier molecular flexibility index (Phi) is 5.63.